The molecule has 2 atom stereocenters. The first kappa shape index (κ1) is 19.5. The average molecular weight is 370 g/mol. The van der Waals surface area contributed by atoms with E-state index >= 15 is 0 Å². The number of nitrogens with one attached hydrogen (secondary N) is 1. The number of ether oxygens (including phenoxy) is 1. The summed E-state index contributed by atoms with van der Waals surface area (Å²) in [6, 6.07) is 8.32. The monoisotopic (exact) mass is 369 g/mol. The summed E-state index contributed by atoms with van der Waals surface area (Å²) in [6.07, 6.45) is 2.14. The molecule has 27 heavy (non-hydrogen) atoms. The van der Waals surface area contributed by atoms with Gasteiger partial charge < -0.3 is 14.5 Å². The van der Waals surface area contributed by atoms with E-state index in [0.717, 1.165) is 28.2 Å². The Morgan fingerprint density at radius 3 is 2.59 bits per heavy atom. The van der Waals surface area contributed by atoms with E-state index in [4.69, 9.17) is 9.15 Å². The molecular formula is C22H31N3O2. The molecule has 0 aliphatic carbocycles. The summed E-state index contributed by atoms with van der Waals surface area (Å²) in [6.45, 7) is 15.4. The number of aryl methyl sites for hydroxylation is 1. The molecule has 3 rings (SSSR count). The van der Waals surface area contributed by atoms with Gasteiger partial charge in [-0.25, -0.2) is 0 Å². The zero-order valence-electron chi connectivity index (χ0n) is 17.5. The maximum Gasteiger partial charge on any atom is 0.176 e. The van der Waals surface area contributed by atoms with Crippen molar-refractivity contribution in [1.29, 1.82) is 0 Å². The van der Waals surface area contributed by atoms with Gasteiger partial charge in [0.05, 0.1) is 23.9 Å². The average Bonchev–Trinajstić information content (AvgIpc) is 3.19. The van der Waals surface area contributed by atoms with Crippen LogP contribution in [0.3, 0.4) is 0 Å². The number of hydrogen-bond acceptors (Lipinski definition) is 4. The molecule has 2 aromatic heterocycles. The van der Waals surface area contributed by atoms with Crippen molar-refractivity contribution in [3.05, 3.63) is 47.5 Å². The van der Waals surface area contributed by atoms with Crippen molar-refractivity contribution < 1.29 is 9.15 Å². The maximum atomic E-state index is 6.13. The molecule has 1 aromatic carbocycles. The molecule has 0 unspecified atom stereocenters. The molecule has 0 aliphatic rings. The highest BCUT2D eigenvalue weighted by Gasteiger charge is 2.22. The lowest BCUT2D eigenvalue weighted by atomic mass is 10.1. The van der Waals surface area contributed by atoms with Crippen molar-refractivity contribution in [2.45, 2.75) is 66.1 Å². The predicted octanol–water partition coefficient (Wildman–Crippen LogP) is 5.50. The van der Waals surface area contributed by atoms with Crippen LogP contribution in [-0.2, 0) is 5.54 Å². The van der Waals surface area contributed by atoms with Gasteiger partial charge in [0.15, 0.2) is 11.3 Å². The number of rotatable bonds is 6. The van der Waals surface area contributed by atoms with Gasteiger partial charge in [-0.2, -0.15) is 5.10 Å². The van der Waals surface area contributed by atoms with Crippen molar-refractivity contribution in [2.24, 2.45) is 0 Å². The van der Waals surface area contributed by atoms with Gasteiger partial charge in [-0.1, -0.05) is 12.1 Å². The zero-order valence-corrected chi connectivity index (χ0v) is 17.5. The fraction of sp³-hybridized carbons (Fsp3) is 0.500. The zero-order chi connectivity index (χ0) is 19.8. The summed E-state index contributed by atoms with van der Waals surface area (Å²) in [5.41, 5.74) is 3.05. The minimum atomic E-state index is -0.0250. The lowest BCUT2D eigenvalue weighted by molar-refractivity contribution is 0.335. The molecule has 0 bridgehead atoms. The molecule has 0 fully saturated rings. The minimum absolute atomic E-state index is 0.0250. The van der Waals surface area contributed by atoms with Crippen LogP contribution in [-0.4, -0.2) is 16.4 Å². The lowest BCUT2D eigenvalue weighted by Gasteiger charge is -2.20. The molecular weight excluding hydrogens is 338 g/mol. The molecule has 0 aliphatic heterocycles. The van der Waals surface area contributed by atoms with E-state index in [9.17, 15) is 0 Å². The standard InChI is InChI=1S/C22H31N3O2/c1-8-26-19-11-9-10-17-12-20(27-21(17)19)16(4)23-14(2)18-13-25(22(5,6)7)24-15(18)3/h9-14,16,23H,8H2,1-7H3/t14-,16+/m0/s1. The summed E-state index contributed by atoms with van der Waals surface area (Å²) < 4.78 is 13.9. The van der Waals surface area contributed by atoms with E-state index in [1.807, 2.05) is 23.7 Å². The number of aromatic nitrogens is 2. The number of nitrogens with zero attached hydrogens (tertiary/aromatic N) is 2. The van der Waals surface area contributed by atoms with Crippen molar-refractivity contribution in [3.8, 4) is 5.75 Å². The highest BCUT2D eigenvalue weighted by Crippen LogP contribution is 2.32. The first-order valence-electron chi connectivity index (χ1n) is 9.68. The van der Waals surface area contributed by atoms with Crippen LogP contribution in [0.2, 0.25) is 0 Å². The Morgan fingerprint density at radius 1 is 1.22 bits per heavy atom. The van der Waals surface area contributed by atoms with Crippen LogP contribution in [0, 0.1) is 6.92 Å². The van der Waals surface area contributed by atoms with Crippen LogP contribution < -0.4 is 10.1 Å². The van der Waals surface area contributed by atoms with E-state index < -0.39 is 0 Å². The minimum Gasteiger partial charge on any atom is -0.490 e. The Hall–Kier alpha value is -2.27. The third kappa shape index (κ3) is 4.03. The molecule has 146 valence electrons. The summed E-state index contributed by atoms with van der Waals surface area (Å²) in [5, 5.41) is 9.39. The molecule has 5 nitrogen and oxygen atoms in total. The van der Waals surface area contributed by atoms with Gasteiger partial charge in [0.2, 0.25) is 0 Å². The molecule has 3 aromatic rings. The summed E-state index contributed by atoms with van der Waals surface area (Å²) in [4.78, 5) is 0. The highest BCUT2D eigenvalue weighted by atomic mass is 16.5. The van der Waals surface area contributed by atoms with Gasteiger partial charge in [-0.15, -0.1) is 0 Å². The Bertz CT molecular complexity index is 917. The van der Waals surface area contributed by atoms with Crippen molar-refractivity contribution in [1.82, 2.24) is 15.1 Å². The maximum absolute atomic E-state index is 6.13. The molecule has 0 spiro atoms. The third-order valence-corrected chi connectivity index (χ3v) is 4.84. The van der Waals surface area contributed by atoms with E-state index in [1.54, 1.807) is 0 Å². The van der Waals surface area contributed by atoms with Gasteiger partial charge >= 0.3 is 0 Å². The molecule has 2 heterocycles. The molecule has 0 radical (unpaired) electrons. The van der Waals surface area contributed by atoms with Crippen LogP contribution in [0.25, 0.3) is 11.0 Å². The molecule has 0 amide bonds. The van der Waals surface area contributed by atoms with Crippen LogP contribution in [0.4, 0.5) is 0 Å². The van der Waals surface area contributed by atoms with Crippen molar-refractivity contribution in [3.63, 3.8) is 0 Å². The second kappa shape index (κ2) is 7.39. The first-order valence-corrected chi connectivity index (χ1v) is 9.68. The van der Waals surface area contributed by atoms with Gasteiger partial charge in [-0.3, -0.25) is 4.68 Å². The SMILES string of the molecule is CCOc1cccc2cc([C@@H](C)N[C@@H](C)c3cn(C(C)(C)C)nc3C)oc12. The van der Waals surface area contributed by atoms with Gasteiger partial charge in [0.1, 0.15) is 5.76 Å². The summed E-state index contributed by atoms with van der Waals surface area (Å²) in [7, 11) is 0. The molecule has 5 heteroatoms. The van der Waals surface area contributed by atoms with E-state index in [1.165, 1.54) is 5.56 Å². The summed E-state index contributed by atoms with van der Waals surface area (Å²) >= 11 is 0. The normalized spacial score (nSPS) is 14.5. The van der Waals surface area contributed by atoms with Crippen LogP contribution >= 0.6 is 0 Å². The van der Waals surface area contributed by atoms with E-state index in [-0.39, 0.29) is 17.6 Å². The van der Waals surface area contributed by atoms with Crippen LogP contribution in [0.1, 0.15) is 70.6 Å². The van der Waals surface area contributed by atoms with Crippen molar-refractivity contribution in [2.75, 3.05) is 6.61 Å². The van der Waals surface area contributed by atoms with E-state index in [0.29, 0.717) is 6.61 Å². The number of para-hydroxylation sites is 1. The Balaban J connectivity index is 1.81. The highest BCUT2D eigenvalue weighted by molar-refractivity contribution is 5.83. The van der Waals surface area contributed by atoms with Crippen LogP contribution in [0.15, 0.2) is 34.9 Å². The topological polar surface area (TPSA) is 52.2 Å². The first-order chi connectivity index (χ1) is 12.7. The predicted molar refractivity (Wildman–Crippen MR) is 109 cm³/mol. The van der Waals surface area contributed by atoms with E-state index in [2.05, 4.69) is 70.3 Å². The summed E-state index contributed by atoms with van der Waals surface area (Å²) in [5.74, 6) is 1.70. The molecule has 0 saturated carbocycles. The quantitative estimate of drug-likeness (QED) is 0.623. The fourth-order valence-corrected chi connectivity index (χ4v) is 3.33. The number of fused-ring (bicyclic) bond motifs is 1. The number of benzene rings is 1. The van der Waals surface area contributed by atoms with Crippen LogP contribution in [0.5, 0.6) is 5.75 Å². The smallest absolute Gasteiger partial charge is 0.176 e. The number of furan rings is 1. The van der Waals surface area contributed by atoms with Gasteiger partial charge in [0, 0.05) is 23.2 Å². The Kier molecular flexibility index (Phi) is 5.33. The number of hydrogen-bond donors (Lipinski definition) is 1. The molecule has 1 N–H and O–H groups in total. The Labute approximate surface area is 161 Å². The molecule has 0 saturated heterocycles. The second-order valence-electron chi connectivity index (χ2n) is 8.15. The van der Waals surface area contributed by atoms with Gasteiger partial charge in [-0.05, 0) is 60.6 Å². The van der Waals surface area contributed by atoms with Crippen molar-refractivity contribution >= 4 is 11.0 Å². The van der Waals surface area contributed by atoms with Gasteiger partial charge in [0.25, 0.3) is 0 Å². The Morgan fingerprint density at radius 2 is 1.96 bits per heavy atom. The lowest BCUT2D eigenvalue weighted by Crippen LogP contribution is -2.23. The second-order valence-corrected chi connectivity index (χ2v) is 8.15. The fourth-order valence-electron chi connectivity index (χ4n) is 3.33. The third-order valence-electron chi connectivity index (χ3n) is 4.84. The largest absolute Gasteiger partial charge is 0.490 e.